The number of hydrogen-bond donors (Lipinski definition) is 3. The van der Waals surface area contributed by atoms with Crippen LogP contribution in [0.4, 0.5) is 0 Å². The fourth-order valence-corrected chi connectivity index (χ4v) is 11.0. The Bertz CT molecular complexity index is 1260. The average molecular weight is 1100 g/mol. The average Bonchev–Trinajstić information content (AvgIpc) is 3.44. The first-order chi connectivity index (χ1) is 38.5. The van der Waals surface area contributed by atoms with Gasteiger partial charge in [0.15, 0.2) is 0 Å². The third-order valence-electron chi connectivity index (χ3n) is 16.4. The van der Waals surface area contributed by atoms with Crippen molar-refractivity contribution in [3.05, 3.63) is 36.5 Å². The molecule has 0 aliphatic rings. The molecule has 0 aromatic carbocycles. The number of carbonyl (C=O) groups is 2. The van der Waals surface area contributed by atoms with Crippen molar-refractivity contribution in [2.24, 2.45) is 0 Å². The first-order valence-corrected chi connectivity index (χ1v) is 35.2. The predicted molar refractivity (Wildman–Crippen MR) is 343 cm³/mol. The highest BCUT2D eigenvalue weighted by molar-refractivity contribution is 5.76. The first kappa shape index (κ1) is 76.1. The predicted octanol–water partition coefficient (Wildman–Crippen LogP) is 22.7. The molecule has 0 saturated heterocycles. The largest absolute Gasteiger partial charge is 0.466 e. The van der Waals surface area contributed by atoms with Gasteiger partial charge in [-0.15, -0.1) is 0 Å². The van der Waals surface area contributed by atoms with Gasteiger partial charge in [0.2, 0.25) is 5.91 Å². The van der Waals surface area contributed by atoms with E-state index in [2.05, 4.69) is 55.6 Å². The third kappa shape index (κ3) is 63.3. The van der Waals surface area contributed by atoms with Gasteiger partial charge in [0.05, 0.1) is 25.4 Å². The molecule has 460 valence electrons. The molecular weight excluding hydrogens is 959 g/mol. The number of hydrogen-bond acceptors (Lipinski definition) is 5. The summed E-state index contributed by atoms with van der Waals surface area (Å²) in [7, 11) is 0. The van der Waals surface area contributed by atoms with E-state index in [1.165, 1.54) is 302 Å². The molecule has 0 aromatic rings. The molecule has 0 bridgehead atoms. The van der Waals surface area contributed by atoms with Crippen LogP contribution in [0.1, 0.15) is 386 Å². The zero-order valence-electron chi connectivity index (χ0n) is 52.7. The van der Waals surface area contributed by atoms with E-state index in [9.17, 15) is 19.8 Å². The van der Waals surface area contributed by atoms with Crippen LogP contribution in [0, 0.1) is 0 Å². The fourth-order valence-electron chi connectivity index (χ4n) is 11.0. The maximum Gasteiger partial charge on any atom is 0.305 e. The lowest BCUT2D eigenvalue weighted by Crippen LogP contribution is -2.45. The molecular formula is C72H137NO5. The number of aliphatic hydroxyl groups is 2. The Morgan fingerprint density at radius 1 is 0.359 bits per heavy atom. The Kier molecular flexibility index (Phi) is 65.9. The number of unbranched alkanes of at least 4 members (excludes halogenated alkanes) is 49. The van der Waals surface area contributed by atoms with E-state index in [1.54, 1.807) is 0 Å². The minimum Gasteiger partial charge on any atom is -0.466 e. The molecule has 0 aliphatic heterocycles. The zero-order chi connectivity index (χ0) is 56.4. The van der Waals surface area contributed by atoms with Crippen molar-refractivity contribution in [3.63, 3.8) is 0 Å². The molecule has 0 spiro atoms. The van der Waals surface area contributed by atoms with Gasteiger partial charge in [-0.3, -0.25) is 9.59 Å². The Hall–Kier alpha value is -1.92. The van der Waals surface area contributed by atoms with E-state index >= 15 is 0 Å². The fraction of sp³-hybridized carbons (Fsp3) is 0.889. The van der Waals surface area contributed by atoms with E-state index in [-0.39, 0.29) is 18.5 Å². The van der Waals surface area contributed by atoms with Crippen molar-refractivity contribution in [1.82, 2.24) is 5.32 Å². The van der Waals surface area contributed by atoms with Gasteiger partial charge in [-0.25, -0.2) is 0 Å². The zero-order valence-corrected chi connectivity index (χ0v) is 52.7. The number of ether oxygens (including phenoxy) is 1. The third-order valence-corrected chi connectivity index (χ3v) is 16.4. The van der Waals surface area contributed by atoms with Gasteiger partial charge in [0, 0.05) is 12.8 Å². The first-order valence-electron chi connectivity index (χ1n) is 35.2. The van der Waals surface area contributed by atoms with Crippen LogP contribution in [0.25, 0.3) is 0 Å². The minimum atomic E-state index is -0.666. The quantitative estimate of drug-likeness (QED) is 0.0320. The second-order valence-corrected chi connectivity index (χ2v) is 24.2. The lowest BCUT2D eigenvalue weighted by molar-refractivity contribution is -0.143. The van der Waals surface area contributed by atoms with Crippen LogP contribution in [0.2, 0.25) is 0 Å². The monoisotopic (exact) mass is 1100 g/mol. The molecule has 0 fully saturated rings. The highest BCUT2D eigenvalue weighted by Crippen LogP contribution is 2.18. The molecule has 6 nitrogen and oxygen atoms in total. The molecule has 0 heterocycles. The second kappa shape index (κ2) is 67.6. The molecule has 2 unspecified atom stereocenters. The number of aliphatic hydroxyl groups excluding tert-OH is 2. The molecule has 78 heavy (non-hydrogen) atoms. The summed E-state index contributed by atoms with van der Waals surface area (Å²) in [4.78, 5) is 24.6. The van der Waals surface area contributed by atoms with E-state index < -0.39 is 12.1 Å². The molecule has 2 atom stereocenters. The Morgan fingerprint density at radius 2 is 0.641 bits per heavy atom. The van der Waals surface area contributed by atoms with Crippen molar-refractivity contribution < 1.29 is 24.5 Å². The summed E-state index contributed by atoms with van der Waals surface area (Å²) >= 11 is 0. The van der Waals surface area contributed by atoms with Crippen molar-refractivity contribution >= 4 is 11.9 Å². The molecule has 0 rings (SSSR count). The van der Waals surface area contributed by atoms with Gasteiger partial charge in [0.1, 0.15) is 0 Å². The lowest BCUT2D eigenvalue weighted by atomic mass is 10.0. The van der Waals surface area contributed by atoms with Gasteiger partial charge in [-0.1, -0.05) is 326 Å². The molecule has 1 amide bonds. The van der Waals surface area contributed by atoms with Crippen LogP contribution >= 0.6 is 0 Å². The molecule has 0 radical (unpaired) electrons. The number of carbonyl (C=O) groups excluding carboxylic acids is 2. The number of amides is 1. The highest BCUT2D eigenvalue weighted by Gasteiger charge is 2.20. The van der Waals surface area contributed by atoms with E-state index in [0.717, 1.165) is 51.4 Å². The summed E-state index contributed by atoms with van der Waals surface area (Å²) < 4.78 is 5.47. The lowest BCUT2D eigenvalue weighted by Gasteiger charge is -2.22. The van der Waals surface area contributed by atoms with Crippen LogP contribution in [0.15, 0.2) is 36.5 Å². The summed E-state index contributed by atoms with van der Waals surface area (Å²) in [6.45, 7) is 4.96. The summed E-state index contributed by atoms with van der Waals surface area (Å²) in [5.41, 5.74) is 0. The normalized spacial score (nSPS) is 12.7. The summed E-state index contributed by atoms with van der Waals surface area (Å²) in [6, 6.07) is -0.543. The van der Waals surface area contributed by atoms with E-state index in [4.69, 9.17) is 4.74 Å². The molecule has 0 aromatic heterocycles. The topological polar surface area (TPSA) is 95.9 Å². The summed E-state index contributed by atoms with van der Waals surface area (Å²) in [5, 5.41) is 23.4. The highest BCUT2D eigenvalue weighted by atomic mass is 16.5. The Labute approximate surface area is 487 Å². The molecule has 3 N–H and O–H groups in total. The summed E-state index contributed by atoms with van der Waals surface area (Å²) in [5.74, 6) is -0.0294. The van der Waals surface area contributed by atoms with Gasteiger partial charge in [0.25, 0.3) is 0 Å². The van der Waals surface area contributed by atoms with Crippen molar-refractivity contribution in [3.8, 4) is 0 Å². The summed E-state index contributed by atoms with van der Waals surface area (Å²) in [6.07, 6.45) is 86.2. The van der Waals surface area contributed by atoms with Crippen molar-refractivity contribution in [1.29, 1.82) is 0 Å². The number of allylic oxidation sites excluding steroid dienone is 6. The maximum atomic E-state index is 12.5. The second-order valence-electron chi connectivity index (χ2n) is 24.2. The molecule has 6 heteroatoms. The van der Waals surface area contributed by atoms with Gasteiger partial charge in [-0.05, 0) is 83.5 Å². The smallest absolute Gasteiger partial charge is 0.305 e. The van der Waals surface area contributed by atoms with Crippen LogP contribution in [-0.2, 0) is 14.3 Å². The van der Waals surface area contributed by atoms with E-state index in [0.29, 0.717) is 25.9 Å². The Morgan fingerprint density at radius 3 is 1.00 bits per heavy atom. The van der Waals surface area contributed by atoms with Gasteiger partial charge in [-0.2, -0.15) is 0 Å². The number of nitrogens with one attached hydrogen (secondary N) is 1. The van der Waals surface area contributed by atoms with Crippen LogP contribution in [0.5, 0.6) is 0 Å². The maximum absolute atomic E-state index is 12.5. The van der Waals surface area contributed by atoms with Gasteiger partial charge < -0.3 is 20.3 Å². The minimum absolute atomic E-state index is 0.00310. The SMILES string of the molecule is CCCCCC/C=C\CCCCCCCC(=O)OCCCCCCCCCCC/C=C\C/C=C\CCCCCCCCCCCCCCCC(=O)NC(CO)C(O)CCCCCCCCCCCCCCCCCCCCC. The Balaban J connectivity index is 3.41. The van der Waals surface area contributed by atoms with Crippen molar-refractivity contribution in [2.75, 3.05) is 13.2 Å². The van der Waals surface area contributed by atoms with Crippen LogP contribution in [0.3, 0.4) is 0 Å². The number of rotatable bonds is 66. The van der Waals surface area contributed by atoms with E-state index in [1.807, 2.05) is 0 Å². The molecule has 0 aliphatic carbocycles. The molecule has 0 saturated carbocycles. The van der Waals surface area contributed by atoms with Gasteiger partial charge >= 0.3 is 5.97 Å². The van der Waals surface area contributed by atoms with Crippen LogP contribution < -0.4 is 5.32 Å². The standard InChI is InChI=1S/C72H137NO5/c1-3-5-7-9-11-13-15-17-18-19-31-34-37-41-44-48-52-56-60-64-70(75)69(68-74)73-71(76)65-61-57-53-49-45-42-38-35-32-29-27-25-23-21-20-22-24-26-28-30-33-36-39-43-47-51-55-59-63-67-78-72(77)66-62-58-54-50-46-40-16-14-12-10-8-6-4-2/h14,16,20,22,26,28,69-70,74-75H,3-13,15,17-19,21,23-25,27,29-68H2,1-2H3,(H,73,76)/b16-14-,22-20-,28-26-. The van der Waals surface area contributed by atoms with Crippen LogP contribution in [-0.4, -0.2) is 47.4 Å². The number of esters is 1. The van der Waals surface area contributed by atoms with Crippen molar-refractivity contribution in [2.45, 2.75) is 398 Å².